The van der Waals surface area contributed by atoms with Gasteiger partial charge < -0.3 is 25.4 Å². The summed E-state index contributed by atoms with van der Waals surface area (Å²) < 4.78 is 1.41. The summed E-state index contributed by atoms with van der Waals surface area (Å²) in [6.45, 7) is 8.13. The molecule has 3 rings (SSSR count). The maximum atomic E-state index is 13.1. The van der Waals surface area contributed by atoms with Gasteiger partial charge in [0.1, 0.15) is 5.75 Å². The van der Waals surface area contributed by atoms with Crippen molar-refractivity contribution in [2.24, 2.45) is 0 Å². The first kappa shape index (κ1) is 24.6. The molecule has 2 aromatic carbocycles. The number of urea groups is 1. The molecule has 0 aliphatic heterocycles. The maximum absolute atomic E-state index is 13.1. The van der Waals surface area contributed by atoms with E-state index in [0.29, 0.717) is 5.56 Å². The minimum atomic E-state index is -1.08. The monoisotopic (exact) mass is 463 g/mol. The molecule has 34 heavy (non-hydrogen) atoms. The molecule has 1 atom stereocenters. The van der Waals surface area contributed by atoms with Crippen LogP contribution in [0.1, 0.15) is 45.8 Å². The van der Waals surface area contributed by atoms with Crippen molar-refractivity contribution in [2.75, 3.05) is 5.32 Å². The zero-order chi connectivity index (χ0) is 25.0. The average molecular weight is 464 g/mol. The number of nitrogens with one attached hydrogen (secondary N) is 2. The van der Waals surface area contributed by atoms with E-state index in [4.69, 9.17) is 0 Å². The summed E-state index contributed by atoms with van der Waals surface area (Å²) >= 11 is 0. The number of nitrogens with zero attached hydrogens (tertiary/aromatic N) is 1. The summed E-state index contributed by atoms with van der Waals surface area (Å²) in [5.41, 5.74) is 4.95. The van der Waals surface area contributed by atoms with Gasteiger partial charge in [0.25, 0.3) is 5.56 Å². The Bertz CT molecular complexity index is 1260. The summed E-state index contributed by atoms with van der Waals surface area (Å²) in [6, 6.07) is 10.9. The number of anilines is 1. The molecule has 1 heterocycles. The zero-order valence-electron chi connectivity index (χ0n) is 19.7. The topological polar surface area (TPSA) is 121 Å². The van der Waals surface area contributed by atoms with E-state index >= 15 is 0 Å². The lowest BCUT2D eigenvalue weighted by Gasteiger charge is -2.19. The van der Waals surface area contributed by atoms with Crippen molar-refractivity contribution >= 4 is 17.7 Å². The van der Waals surface area contributed by atoms with Gasteiger partial charge in [-0.25, -0.2) is 4.79 Å². The predicted octanol–water partition coefficient (Wildman–Crippen LogP) is 4.17. The quantitative estimate of drug-likeness (QED) is 0.419. The largest absolute Gasteiger partial charge is 0.505 e. The summed E-state index contributed by atoms with van der Waals surface area (Å²) in [7, 11) is 0. The summed E-state index contributed by atoms with van der Waals surface area (Å²) in [6.07, 6.45) is 1.13. The van der Waals surface area contributed by atoms with Gasteiger partial charge in [0.2, 0.25) is 0 Å². The predicted molar refractivity (Wildman–Crippen MR) is 130 cm³/mol. The highest BCUT2D eigenvalue weighted by molar-refractivity contribution is 5.91. The van der Waals surface area contributed by atoms with Crippen LogP contribution in [0.25, 0.3) is 0 Å². The second-order valence-electron chi connectivity index (χ2n) is 8.55. The van der Waals surface area contributed by atoms with Crippen molar-refractivity contribution in [1.29, 1.82) is 0 Å². The number of carbonyl (C=O) groups excluding carboxylic acids is 1. The summed E-state index contributed by atoms with van der Waals surface area (Å²) in [5.74, 6) is -1.46. The lowest BCUT2D eigenvalue weighted by atomic mass is 10.00. The third kappa shape index (κ3) is 5.83. The molecule has 2 amide bonds. The molecule has 0 bridgehead atoms. The molecule has 1 aromatic heterocycles. The zero-order valence-corrected chi connectivity index (χ0v) is 19.7. The number of benzene rings is 2. The molecule has 178 valence electrons. The molecule has 3 aromatic rings. The molecule has 8 heteroatoms. The van der Waals surface area contributed by atoms with Crippen LogP contribution in [-0.2, 0) is 11.3 Å². The van der Waals surface area contributed by atoms with Crippen LogP contribution in [0.5, 0.6) is 5.75 Å². The number of rotatable bonds is 7. The van der Waals surface area contributed by atoms with Crippen molar-refractivity contribution < 1.29 is 19.8 Å². The molecule has 8 nitrogen and oxygen atoms in total. The Morgan fingerprint density at radius 2 is 1.59 bits per heavy atom. The Kier molecular flexibility index (Phi) is 7.40. The van der Waals surface area contributed by atoms with Crippen LogP contribution in [0.15, 0.2) is 53.5 Å². The Morgan fingerprint density at radius 3 is 2.18 bits per heavy atom. The lowest BCUT2D eigenvalue weighted by Crippen LogP contribution is -2.36. The number of carboxylic acid groups (broad SMARTS) is 1. The summed E-state index contributed by atoms with van der Waals surface area (Å²) in [5, 5.41) is 24.5. The SMILES string of the molecule is Cc1ccc([C@H](CC(=O)O)NC(=O)Nc2c(O)ccn(Cc3c(C)cc(C)cc3C)c2=O)cc1. The molecular formula is C26H29N3O5. The first-order chi connectivity index (χ1) is 16.0. The van der Waals surface area contributed by atoms with Crippen LogP contribution >= 0.6 is 0 Å². The number of amides is 2. The standard InChI is InChI=1S/C26H29N3O5/c1-15-5-7-19(8-6-15)21(13-23(31)32)27-26(34)28-24-22(30)9-10-29(25(24)33)14-20-17(3)11-16(2)12-18(20)4/h5-12,21,30H,13-14H2,1-4H3,(H,31,32)(H2,27,28,34)/t21-/m0/s1. The van der Waals surface area contributed by atoms with Crippen molar-refractivity contribution in [2.45, 2.75) is 46.7 Å². The highest BCUT2D eigenvalue weighted by Crippen LogP contribution is 2.22. The van der Waals surface area contributed by atoms with Crippen molar-refractivity contribution in [1.82, 2.24) is 9.88 Å². The van der Waals surface area contributed by atoms with Crippen molar-refractivity contribution in [3.05, 3.63) is 92.4 Å². The number of carbonyl (C=O) groups is 2. The maximum Gasteiger partial charge on any atom is 0.319 e. The van der Waals surface area contributed by atoms with Crippen LogP contribution in [-0.4, -0.2) is 26.8 Å². The molecule has 0 saturated heterocycles. The van der Waals surface area contributed by atoms with Gasteiger partial charge in [-0.05, 0) is 56.0 Å². The van der Waals surface area contributed by atoms with Crippen LogP contribution in [0, 0.1) is 27.7 Å². The van der Waals surface area contributed by atoms with E-state index in [2.05, 4.69) is 10.6 Å². The fourth-order valence-corrected chi connectivity index (χ4v) is 3.97. The Morgan fingerprint density at radius 1 is 0.971 bits per heavy atom. The molecule has 0 unspecified atom stereocenters. The molecule has 0 aliphatic carbocycles. The number of aromatic hydroxyl groups is 1. The van der Waals surface area contributed by atoms with Crippen LogP contribution in [0.2, 0.25) is 0 Å². The number of hydrogen-bond acceptors (Lipinski definition) is 4. The van der Waals surface area contributed by atoms with Crippen molar-refractivity contribution in [3.8, 4) is 5.75 Å². The first-order valence-electron chi connectivity index (χ1n) is 10.9. The van der Waals surface area contributed by atoms with E-state index in [1.54, 1.807) is 12.1 Å². The number of carboxylic acids is 1. The third-order valence-corrected chi connectivity index (χ3v) is 5.71. The minimum Gasteiger partial charge on any atom is -0.505 e. The minimum absolute atomic E-state index is 0.276. The fourth-order valence-electron chi connectivity index (χ4n) is 3.97. The number of aliphatic carboxylic acids is 1. The Hall–Kier alpha value is -4.07. The molecule has 0 spiro atoms. The van der Waals surface area contributed by atoms with E-state index in [1.165, 1.54) is 16.8 Å². The highest BCUT2D eigenvalue weighted by atomic mass is 16.4. The number of aromatic nitrogens is 1. The summed E-state index contributed by atoms with van der Waals surface area (Å²) in [4.78, 5) is 37.1. The van der Waals surface area contributed by atoms with Gasteiger partial charge in [-0.2, -0.15) is 0 Å². The van der Waals surface area contributed by atoms with Gasteiger partial charge in [-0.1, -0.05) is 47.5 Å². The highest BCUT2D eigenvalue weighted by Gasteiger charge is 2.20. The van der Waals surface area contributed by atoms with E-state index < -0.39 is 23.6 Å². The second-order valence-corrected chi connectivity index (χ2v) is 8.55. The molecular weight excluding hydrogens is 434 g/mol. The molecule has 4 N–H and O–H groups in total. The fraction of sp³-hybridized carbons (Fsp3) is 0.269. The van der Waals surface area contributed by atoms with Crippen LogP contribution < -0.4 is 16.2 Å². The van der Waals surface area contributed by atoms with Gasteiger partial charge in [0.05, 0.1) is 19.0 Å². The number of pyridine rings is 1. The molecule has 0 aliphatic rings. The van der Waals surface area contributed by atoms with Gasteiger partial charge in [0, 0.05) is 6.20 Å². The molecule has 0 radical (unpaired) electrons. The van der Waals surface area contributed by atoms with Gasteiger partial charge in [-0.15, -0.1) is 0 Å². The first-order valence-corrected chi connectivity index (χ1v) is 10.9. The number of hydrogen-bond donors (Lipinski definition) is 4. The van der Waals surface area contributed by atoms with E-state index in [1.807, 2.05) is 52.0 Å². The van der Waals surface area contributed by atoms with Crippen LogP contribution in [0.3, 0.4) is 0 Å². The van der Waals surface area contributed by atoms with E-state index in [9.17, 15) is 24.6 Å². The lowest BCUT2D eigenvalue weighted by molar-refractivity contribution is -0.137. The Balaban J connectivity index is 1.84. The van der Waals surface area contributed by atoms with Crippen molar-refractivity contribution in [3.63, 3.8) is 0 Å². The van der Waals surface area contributed by atoms with E-state index in [0.717, 1.165) is 27.8 Å². The Labute approximate surface area is 197 Å². The van der Waals surface area contributed by atoms with Crippen LogP contribution in [0.4, 0.5) is 10.5 Å². The smallest absolute Gasteiger partial charge is 0.319 e. The van der Waals surface area contributed by atoms with E-state index in [-0.39, 0.29) is 24.4 Å². The van der Waals surface area contributed by atoms with Gasteiger partial charge in [-0.3, -0.25) is 9.59 Å². The molecule has 0 fully saturated rings. The third-order valence-electron chi connectivity index (χ3n) is 5.71. The average Bonchev–Trinajstić information content (AvgIpc) is 2.74. The number of aryl methyl sites for hydroxylation is 4. The second kappa shape index (κ2) is 10.2. The van der Waals surface area contributed by atoms with Gasteiger partial charge in [0.15, 0.2) is 5.69 Å². The van der Waals surface area contributed by atoms with Gasteiger partial charge >= 0.3 is 12.0 Å². The molecule has 0 saturated carbocycles. The normalized spacial score (nSPS) is 11.6.